The Morgan fingerprint density at radius 2 is 2.29 bits per heavy atom. The van der Waals surface area contributed by atoms with Gasteiger partial charge in [-0.15, -0.1) is 0 Å². The number of hydrogen-bond acceptors (Lipinski definition) is 2. The van der Waals surface area contributed by atoms with Gasteiger partial charge in [0.05, 0.1) is 11.3 Å². The monoisotopic (exact) mass is 226 g/mol. The average Bonchev–Trinajstić information content (AvgIpc) is 2.29. The van der Waals surface area contributed by atoms with E-state index in [1.807, 2.05) is 6.20 Å². The van der Waals surface area contributed by atoms with Crippen molar-refractivity contribution < 1.29 is 4.79 Å². The van der Waals surface area contributed by atoms with Gasteiger partial charge in [0.2, 0.25) is 6.54 Å². The lowest BCUT2D eigenvalue weighted by Crippen LogP contribution is -2.15. The summed E-state index contributed by atoms with van der Waals surface area (Å²) in [6.07, 6.45) is 3.98. The van der Waals surface area contributed by atoms with Crippen molar-refractivity contribution in [2.45, 2.75) is 26.2 Å². The molecule has 0 N–H and O–H groups in total. The zero-order chi connectivity index (χ0) is 12.4. The summed E-state index contributed by atoms with van der Waals surface area (Å²) in [6.45, 7) is 11.2. The van der Waals surface area contributed by atoms with Gasteiger partial charge in [0, 0.05) is 12.6 Å². The number of carbonyl (C=O) groups is 1. The predicted octanol–water partition coefficient (Wildman–Crippen LogP) is 2.63. The molecule has 17 heavy (non-hydrogen) atoms. The van der Waals surface area contributed by atoms with E-state index in [1.165, 1.54) is 0 Å². The molecule has 0 aliphatic heterocycles. The molecule has 0 aromatic carbocycles. The molecule has 2 rings (SSSR count). The topological polar surface area (TPSA) is 34.3 Å². The number of aromatic nitrogens is 1. The molecule has 0 amide bonds. The van der Waals surface area contributed by atoms with Gasteiger partial charge < -0.3 is 4.85 Å². The van der Waals surface area contributed by atoms with Crippen LogP contribution in [-0.4, -0.2) is 17.3 Å². The van der Waals surface area contributed by atoms with Crippen LogP contribution in [0, 0.1) is 6.57 Å². The highest BCUT2D eigenvalue weighted by molar-refractivity contribution is 6.03. The van der Waals surface area contributed by atoms with Crippen molar-refractivity contribution >= 4 is 11.9 Å². The van der Waals surface area contributed by atoms with Crippen LogP contribution >= 0.6 is 0 Å². The quantitative estimate of drug-likeness (QED) is 0.726. The number of Topliss-reactive ketones (excluding diaryl/α,β-unsaturated/α-hetero) is 1. The van der Waals surface area contributed by atoms with Crippen LogP contribution in [0.5, 0.6) is 0 Å². The molecule has 86 valence electrons. The minimum absolute atomic E-state index is 0.0520. The van der Waals surface area contributed by atoms with E-state index >= 15 is 0 Å². The van der Waals surface area contributed by atoms with Gasteiger partial charge in [0.25, 0.3) is 0 Å². The third-order valence-corrected chi connectivity index (χ3v) is 2.96. The molecule has 0 unspecified atom stereocenters. The number of hydrogen-bond donors (Lipinski definition) is 0. The molecule has 0 fully saturated rings. The Kier molecular flexibility index (Phi) is 3.06. The van der Waals surface area contributed by atoms with Gasteiger partial charge in [-0.1, -0.05) is 19.9 Å². The molecule has 1 aliphatic carbocycles. The Morgan fingerprint density at radius 3 is 2.94 bits per heavy atom. The first kappa shape index (κ1) is 11.5. The maximum atomic E-state index is 11.8. The number of pyridine rings is 1. The van der Waals surface area contributed by atoms with Crippen molar-refractivity contribution in [3.8, 4) is 0 Å². The minimum atomic E-state index is 0.0520. The second-order valence-corrected chi connectivity index (χ2v) is 4.55. The molecule has 0 radical (unpaired) electrons. The fourth-order valence-electron chi connectivity index (χ4n) is 1.88. The molecule has 3 nitrogen and oxygen atoms in total. The molecule has 0 spiro atoms. The third-order valence-electron chi connectivity index (χ3n) is 2.96. The number of fused-ring (bicyclic) bond motifs is 1. The van der Waals surface area contributed by atoms with Gasteiger partial charge in [-0.3, -0.25) is 9.78 Å². The summed E-state index contributed by atoms with van der Waals surface area (Å²) < 4.78 is 0. The molecular formula is C14H14N2O. The van der Waals surface area contributed by atoms with Crippen LogP contribution in [0.25, 0.3) is 10.9 Å². The molecule has 1 heterocycles. The summed E-state index contributed by atoms with van der Waals surface area (Å²) in [5.74, 6) is 0.465. The SMILES string of the molecule is [C-]#[N+]CC1=Cc2ncc(C(C)C)cc2CC1=O. The first-order valence-corrected chi connectivity index (χ1v) is 5.67. The van der Waals surface area contributed by atoms with Gasteiger partial charge in [-0.25, -0.2) is 6.57 Å². The summed E-state index contributed by atoms with van der Waals surface area (Å²) in [5.41, 5.74) is 3.55. The van der Waals surface area contributed by atoms with E-state index in [9.17, 15) is 4.79 Å². The molecule has 0 bridgehead atoms. The van der Waals surface area contributed by atoms with Gasteiger partial charge in [-0.2, -0.15) is 0 Å². The van der Waals surface area contributed by atoms with E-state index in [0.29, 0.717) is 17.9 Å². The molecule has 1 aromatic heterocycles. The Labute approximate surface area is 101 Å². The van der Waals surface area contributed by atoms with Crippen molar-refractivity contribution in [1.29, 1.82) is 0 Å². The van der Waals surface area contributed by atoms with E-state index in [0.717, 1.165) is 16.8 Å². The zero-order valence-corrected chi connectivity index (χ0v) is 10.0. The van der Waals surface area contributed by atoms with E-state index in [1.54, 1.807) is 6.08 Å². The average molecular weight is 226 g/mol. The highest BCUT2D eigenvalue weighted by Gasteiger charge is 2.21. The Morgan fingerprint density at radius 1 is 1.53 bits per heavy atom. The van der Waals surface area contributed by atoms with Gasteiger partial charge >= 0.3 is 0 Å². The lowest BCUT2D eigenvalue weighted by atomic mass is 9.92. The summed E-state index contributed by atoms with van der Waals surface area (Å²) in [5, 5.41) is 0. The first-order valence-electron chi connectivity index (χ1n) is 5.67. The number of nitrogens with zero attached hydrogens (tertiary/aromatic N) is 2. The molecule has 0 saturated heterocycles. The Hall–Kier alpha value is -1.95. The lowest BCUT2D eigenvalue weighted by molar-refractivity contribution is -0.114. The molecule has 0 atom stereocenters. The van der Waals surface area contributed by atoms with Crippen LogP contribution in [0.3, 0.4) is 0 Å². The largest absolute Gasteiger partial charge is 0.312 e. The summed E-state index contributed by atoms with van der Waals surface area (Å²) in [4.78, 5) is 19.4. The molecule has 0 saturated carbocycles. The molecule has 1 aliphatic rings. The lowest BCUT2D eigenvalue weighted by Gasteiger charge is -2.14. The van der Waals surface area contributed by atoms with Crippen molar-refractivity contribution in [2.24, 2.45) is 0 Å². The van der Waals surface area contributed by atoms with E-state index < -0.39 is 0 Å². The fourth-order valence-corrected chi connectivity index (χ4v) is 1.88. The highest BCUT2D eigenvalue weighted by Crippen LogP contribution is 2.23. The first-order chi connectivity index (χ1) is 8.11. The van der Waals surface area contributed by atoms with Crippen LogP contribution < -0.4 is 0 Å². The van der Waals surface area contributed by atoms with Crippen molar-refractivity contribution in [2.75, 3.05) is 6.54 Å². The zero-order valence-electron chi connectivity index (χ0n) is 10.0. The second kappa shape index (κ2) is 4.50. The Balaban J connectivity index is 2.42. The van der Waals surface area contributed by atoms with Crippen LogP contribution in [0.4, 0.5) is 0 Å². The van der Waals surface area contributed by atoms with E-state index in [2.05, 4.69) is 29.7 Å². The molecular weight excluding hydrogens is 212 g/mol. The third kappa shape index (κ3) is 2.26. The fraction of sp³-hybridized carbons (Fsp3) is 0.357. The van der Waals surface area contributed by atoms with Crippen molar-refractivity contribution in [3.63, 3.8) is 0 Å². The van der Waals surface area contributed by atoms with E-state index in [4.69, 9.17) is 6.57 Å². The Bertz CT molecular complexity index is 536. The van der Waals surface area contributed by atoms with Crippen molar-refractivity contribution in [1.82, 2.24) is 4.98 Å². The van der Waals surface area contributed by atoms with Crippen LogP contribution in [-0.2, 0) is 11.2 Å². The van der Waals surface area contributed by atoms with Crippen LogP contribution in [0.1, 0.15) is 36.6 Å². The number of carbonyl (C=O) groups excluding carboxylic acids is 1. The molecule has 3 heteroatoms. The number of rotatable bonds is 2. The predicted molar refractivity (Wildman–Crippen MR) is 66.5 cm³/mol. The normalized spacial score (nSPS) is 14.2. The van der Waals surface area contributed by atoms with Gasteiger partial charge in [0.15, 0.2) is 5.78 Å². The second-order valence-electron chi connectivity index (χ2n) is 4.55. The maximum Gasteiger partial charge on any atom is 0.243 e. The number of ketones is 1. The summed E-state index contributed by atoms with van der Waals surface area (Å²) >= 11 is 0. The highest BCUT2D eigenvalue weighted by atomic mass is 16.1. The summed E-state index contributed by atoms with van der Waals surface area (Å²) in [7, 11) is 0. The smallest absolute Gasteiger partial charge is 0.243 e. The van der Waals surface area contributed by atoms with Crippen LogP contribution in [0.2, 0.25) is 0 Å². The summed E-state index contributed by atoms with van der Waals surface area (Å²) in [6, 6.07) is 2.05. The maximum absolute atomic E-state index is 11.8. The van der Waals surface area contributed by atoms with Gasteiger partial charge in [0.1, 0.15) is 0 Å². The van der Waals surface area contributed by atoms with Gasteiger partial charge in [-0.05, 0) is 23.1 Å². The van der Waals surface area contributed by atoms with E-state index in [-0.39, 0.29) is 12.3 Å². The minimum Gasteiger partial charge on any atom is -0.312 e. The van der Waals surface area contributed by atoms with Crippen molar-refractivity contribution in [3.05, 3.63) is 46.1 Å². The molecule has 1 aromatic rings. The standard InChI is InChI=1S/C14H14N2O/c1-9(2)11-4-10-6-14(17)12(7-15-3)5-13(10)16-8-11/h4-5,8-9H,6-7H2,1-2H3. The van der Waals surface area contributed by atoms with Crippen LogP contribution in [0.15, 0.2) is 17.8 Å².